The summed E-state index contributed by atoms with van der Waals surface area (Å²) in [4.78, 5) is 28.3. The van der Waals surface area contributed by atoms with Gasteiger partial charge in [0.2, 0.25) is 11.8 Å². The average Bonchev–Trinajstić information content (AvgIpc) is 2.61. The van der Waals surface area contributed by atoms with E-state index in [9.17, 15) is 9.59 Å². The molecule has 1 aromatic carbocycles. The summed E-state index contributed by atoms with van der Waals surface area (Å²) in [6.45, 7) is 3.74. The number of piperazine rings is 1. The second-order valence-electron chi connectivity index (χ2n) is 6.12. The molecule has 2 N–H and O–H groups in total. The third-order valence-electron chi connectivity index (χ3n) is 4.53. The van der Waals surface area contributed by atoms with E-state index in [-0.39, 0.29) is 17.9 Å². The maximum absolute atomic E-state index is 12.4. The molecule has 124 valence electrons. The molecule has 1 aromatic rings. The van der Waals surface area contributed by atoms with Crippen molar-refractivity contribution in [2.24, 2.45) is 0 Å². The molecule has 6 heteroatoms. The van der Waals surface area contributed by atoms with Crippen LogP contribution in [-0.2, 0) is 9.59 Å². The van der Waals surface area contributed by atoms with Crippen LogP contribution in [0.25, 0.3) is 0 Å². The van der Waals surface area contributed by atoms with Crippen LogP contribution >= 0.6 is 0 Å². The minimum Gasteiger partial charge on any atom is -0.376 e. The van der Waals surface area contributed by atoms with Crippen LogP contribution in [0.3, 0.4) is 0 Å². The number of hydrogen-bond donors (Lipinski definition) is 2. The highest BCUT2D eigenvalue weighted by molar-refractivity contribution is 5.82. The van der Waals surface area contributed by atoms with E-state index in [4.69, 9.17) is 0 Å². The number of carbonyl (C=O) groups excluding carboxylic acids is 2. The van der Waals surface area contributed by atoms with Gasteiger partial charge in [-0.25, -0.2) is 0 Å². The third kappa shape index (κ3) is 4.01. The Morgan fingerprint density at radius 2 is 2.09 bits per heavy atom. The standard InChI is InChI=1S/C17H24N4O2/c22-16(12-19-14-5-2-1-3-6-14)20-9-4-7-15(13-20)21-10-8-18-11-17(21)23/h1-3,5-6,15,18-19H,4,7-13H2. The van der Waals surface area contributed by atoms with E-state index in [2.05, 4.69) is 10.6 Å². The zero-order valence-electron chi connectivity index (χ0n) is 13.3. The Balaban J connectivity index is 1.53. The molecule has 23 heavy (non-hydrogen) atoms. The zero-order valence-corrected chi connectivity index (χ0v) is 13.3. The number of piperidine rings is 1. The summed E-state index contributed by atoms with van der Waals surface area (Å²) in [6, 6.07) is 9.91. The smallest absolute Gasteiger partial charge is 0.241 e. The van der Waals surface area contributed by atoms with E-state index >= 15 is 0 Å². The predicted molar refractivity (Wildman–Crippen MR) is 89.1 cm³/mol. The number of para-hydroxylation sites is 1. The monoisotopic (exact) mass is 316 g/mol. The molecule has 3 rings (SSSR count). The number of nitrogens with zero attached hydrogens (tertiary/aromatic N) is 2. The van der Waals surface area contributed by atoms with Crippen molar-refractivity contribution in [2.75, 3.05) is 44.6 Å². The number of hydrogen-bond acceptors (Lipinski definition) is 4. The lowest BCUT2D eigenvalue weighted by Crippen LogP contribution is -2.57. The summed E-state index contributed by atoms with van der Waals surface area (Å²) in [5.74, 6) is 0.249. The van der Waals surface area contributed by atoms with E-state index in [0.717, 1.165) is 38.2 Å². The first-order valence-electron chi connectivity index (χ1n) is 8.31. The molecule has 6 nitrogen and oxygen atoms in total. The Bertz CT molecular complexity index is 549. The van der Waals surface area contributed by atoms with Crippen LogP contribution in [0.15, 0.2) is 30.3 Å². The van der Waals surface area contributed by atoms with Crippen molar-refractivity contribution >= 4 is 17.5 Å². The molecule has 2 fully saturated rings. The zero-order chi connectivity index (χ0) is 16.1. The van der Waals surface area contributed by atoms with Crippen LogP contribution < -0.4 is 10.6 Å². The molecule has 0 aliphatic carbocycles. The molecule has 2 heterocycles. The number of nitrogens with one attached hydrogen (secondary N) is 2. The van der Waals surface area contributed by atoms with Gasteiger partial charge in [-0.15, -0.1) is 0 Å². The van der Waals surface area contributed by atoms with Gasteiger partial charge < -0.3 is 20.4 Å². The van der Waals surface area contributed by atoms with Crippen LogP contribution in [-0.4, -0.2) is 66.9 Å². The van der Waals surface area contributed by atoms with E-state index < -0.39 is 0 Å². The van der Waals surface area contributed by atoms with Gasteiger partial charge in [-0.2, -0.15) is 0 Å². The van der Waals surface area contributed by atoms with Crippen molar-refractivity contribution in [1.29, 1.82) is 0 Å². The highest BCUT2D eigenvalue weighted by atomic mass is 16.2. The van der Waals surface area contributed by atoms with Crippen molar-refractivity contribution in [3.63, 3.8) is 0 Å². The number of rotatable bonds is 4. The maximum Gasteiger partial charge on any atom is 0.241 e. The molecule has 0 aromatic heterocycles. The van der Waals surface area contributed by atoms with Gasteiger partial charge in [0, 0.05) is 37.9 Å². The normalized spacial score (nSPS) is 22.1. The van der Waals surface area contributed by atoms with Crippen molar-refractivity contribution in [3.05, 3.63) is 30.3 Å². The first kappa shape index (κ1) is 15.8. The summed E-state index contributed by atoms with van der Waals surface area (Å²) < 4.78 is 0. The SMILES string of the molecule is O=C(CNc1ccccc1)N1CCCC(N2CCNCC2=O)C1. The lowest BCUT2D eigenvalue weighted by Gasteiger charge is -2.41. The van der Waals surface area contributed by atoms with Crippen LogP contribution in [0.4, 0.5) is 5.69 Å². The number of likely N-dealkylation sites (tertiary alicyclic amines) is 1. The molecular formula is C17H24N4O2. The van der Waals surface area contributed by atoms with E-state index in [1.54, 1.807) is 0 Å². The van der Waals surface area contributed by atoms with Crippen LogP contribution in [0.5, 0.6) is 0 Å². The second-order valence-corrected chi connectivity index (χ2v) is 6.12. The van der Waals surface area contributed by atoms with Gasteiger partial charge in [0.25, 0.3) is 0 Å². The molecule has 0 radical (unpaired) electrons. The molecule has 2 saturated heterocycles. The molecule has 2 amide bonds. The molecule has 2 aliphatic rings. The van der Waals surface area contributed by atoms with Gasteiger partial charge in [-0.05, 0) is 25.0 Å². The van der Waals surface area contributed by atoms with Crippen molar-refractivity contribution in [3.8, 4) is 0 Å². The number of amides is 2. The number of anilines is 1. The fourth-order valence-electron chi connectivity index (χ4n) is 3.29. The molecule has 0 bridgehead atoms. The Kier molecular flexibility index (Phi) is 5.12. The Morgan fingerprint density at radius 3 is 2.87 bits per heavy atom. The van der Waals surface area contributed by atoms with E-state index in [0.29, 0.717) is 19.6 Å². The van der Waals surface area contributed by atoms with Gasteiger partial charge in [0.05, 0.1) is 13.1 Å². The first-order chi connectivity index (χ1) is 11.2. The largest absolute Gasteiger partial charge is 0.376 e. The Morgan fingerprint density at radius 1 is 1.26 bits per heavy atom. The van der Waals surface area contributed by atoms with E-state index in [1.807, 2.05) is 40.1 Å². The second kappa shape index (κ2) is 7.46. The van der Waals surface area contributed by atoms with Crippen LogP contribution in [0, 0.1) is 0 Å². The fourth-order valence-corrected chi connectivity index (χ4v) is 3.29. The summed E-state index contributed by atoms with van der Waals surface area (Å²) in [5.41, 5.74) is 0.951. The highest BCUT2D eigenvalue weighted by Crippen LogP contribution is 2.17. The summed E-state index contributed by atoms with van der Waals surface area (Å²) in [6.07, 6.45) is 1.95. The maximum atomic E-state index is 12.4. The summed E-state index contributed by atoms with van der Waals surface area (Å²) in [5, 5.41) is 6.26. The number of benzene rings is 1. The first-order valence-corrected chi connectivity index (χ1v) is 8.31. The van der Waals surface area contributed by atoms with Crippen molar-refractivity contribution in [2.45, 2.75) is 18.9 Å². The predicted octanol–water partition coefficient (Wildman–Crippen LogP) is 0.521. The molecular weight excluding hydrogens is 292 g/mol. The minimum atomic E-state index is 0.0983. The van der Waals surface area contributed by atoms with Crippen molar-refractivity contribution in [1.82, 2.24) is 15.1 Å². The van der Waals surface area contributed by atoms with Gasteiger partial charge in [-0.3, -0.25) is 9.59 Å². The molecule has 0 saturated carbocycles. The quantitative estimate of drug-likeness (QED) is 0.850. The van der Waals surface area contributed by atoms with Crippen molar-refractivity contribution < 1.29 is 9.59 Å². The minimum absolute atomic E-state index is 0.0983. The van der Waals surface area contributed by atoms with Crippen LogP contribution in [0.2, 0.25) is 0 Å². The molecule has 1 unspecified atom stereocenters. The summed E-state index contributed by atoms with van der Waals surface area (Å²) in [7, 11) is 0. The molecule has 2 aliphatic heterocycles. The lowest BCUT2D eigenvalue weighted by atomic mass is 10.0. The molecule has 0 spiro atoms. The third-order valence-corrected chi connectivity index (χ3v) is 4.53. The van der Waals surface area contributed by atoms with Gasteiger partial charge in [0.1, 0.15) is 0 Å². The van der Waals surface area contributed by atoms with Crippen LogP contribution in [0.1, 0.15) is 12.8 Å². The van der Waals surface area contributed by atoms with Gasteiger partial charge in [0.15, 0.2) is 0 Å². The topological polar surface area (TPSA) is 64.7 Å². The number of carbonyl (C=O) groups is 2. The highest BCUT2D eigenvalue weighted by Gasteiger charge is 2.31. The van der Waals surface area contributed by atoms with E-state index in [1.165, 1.54) is 0 Å². The molecule has 1 atom stereocenters. The summed E-state index contributed by atoms with van der Waals surface area (Å²) >= 11 is 0. The fraction of sp³-hybridized carbons (Fsp3) is 0.529. The Hall–Kier alpha value is -2.08. The lowest BCUT2D eigenvalue weighted by molar-refractivity contribution is -0.139. The Labute approximate surface area is 136 Å². The van der Waals surface area contributed by atoms with Gasteiger partial charge in [-0.1, -0.05) is 18.2 Å². The average molecular weight is 316 g/mol. The van der Waals surface area contributed by atoms with Gasteiger partial charge >= 0.3 is 0 Å².